The molecule has 3 nitrogen and oxygen atoms in total. The lowest BCUT2D eigenvalue weighted by Crippen LogP contribution is -2.49. The fraction of sp³-hybridized carbons (Fsp3) is 0.435. The zero-order valence-corrected chi connectivity index (χ0v) is 16.0. The average Bonchev–Trinajstić information content (AvgIpc) is 2.63. The highest BCUT2D eigenvalue weighted by Crippen LogP contribution is 2.40. The van der Waals surface area contributed by atoms with Crippen LogP contribution in [0.1, 0.15) is 43.4 Å². The van der Waals surface area contributed by atoms with Crippen molar-refractivity contribution in [2.75, 3.05) is 13.1 Å². The van der Waals surface area contributed by atoms with Gasteiger partial charge in [0.2, 0.25) is 5.91 Å². The molecule has 1 saturated heterocycles. The van der Waals surface area contributed by atoms with Gasteiger partial charge in [-0.2, -0.15) is 0 Å². The largest absolute Gasteiger partial charge is 0.508 e. The van der Waals surface area contributed by atoms with E-state index in [2.05, 4.69) is 39.0 Å². The molecule has 1 fully saturated rings. The third-order valence-corrected chi connectivity index (χ3v) is 6.21. The molecule has 0 unspecified atom stereocenters. The third-order valence-electron chi connectivity index (χ3n) is 6.21. The van der Waals surface area contributed by atoms with Crippen LogP contribution in [0.3, 0.4) is 0 Å². The van der Waals surface area contributed by atoms with Crippen molar-refractivity contribution in [1.82, 2.24) is 4.90 Å². The summed E-state index contributed by atoms with van der Waals surface area (Å²) in [4.78, 5) is 14.7. The van der Waals surface area contributed by atoms with Crippen LogP contribution in [0.25, 0.3) is 0 Å². The van der Waals surface area contributed by atoms with Crippen LogP contribution >= 0.6 is 0 Å². The van der Waals surface area contributed by atoms with Gasteiger partial charge in [0, 0.05) is 19.5 Å². The number of carbonyl (C=O) groups is 1. The van der Waals surface area contributed by atoms with E-state index in [0.29, 0.717) is 18.1 Å². The zero-order chi connectivity index (χ0) is 18.7. The lowest BCUT2D eigenvalue weighted by atomic mass is 9.68. The molecule has 2 aromatic carbocycles. The highest BCUT2D eigenvalue weighted by molar-refractivity contribution is 5.76. The molecule has 26 heavy (non-hydrogen) atoms. The number of phenolic OH excluding ortho intramolecular Hbond substituents is 1. The van der Waals surface area contributed by atoms with Crippen molar-refractivity contribution >= 4 is 5.91 Å². The lowest BCUT2D eigenvalue weighted by molar-refractivity contribution is -0.133. The van der Waals surface area contributed by atoms with Gasteiger partial charge in [0.05, 0.1) is 0 Å². The van der Waals surface area contributed by atoms with Gasteiger partial charge in [-0.3, -0.25) is 4.79 Å². The van der Waals surface area contributed by atoms with Gasteiger partial charge in [0.1, 0.15) is 5.75 Å². The fourth-order valence-electron chi connectivity index (χ4n) is 4.04. The number of aromatic hydroxyl groups is 1. The molecule has 0 aromatic heterocycles. The Labute approximate surface area is 156 Å². The zero-order valence-electron chi connectivity index (χ0n) is 16.0. The summed E-state index contributed by atoms with van der Waals surface area (Å²) in [6, 6.07) is 15.9. The normalized spacial score (nSPS) is 23.0. The molecule has 138 valence electrons. The maximum absolute atomic E-state index is 12.7. The lowest BCUT2D eigenvalue weighted by Gasteiger charge is -2.45. The minimum Gasteiger partial charge on any atom is -0.508 e. The fourth-order valence-corrected chi connectivity index (χ4v) is 4.04. The average molecular weight is 351 g/mol. The quantitative estimate of drug-likeness (QED) is 0.883. The monoisotopic (exact) mass is 351 g/mol. The van der Waals surface area contributed by atoms with Gasteiger partial charge in [-0.1, -0.05) is 50.2 Å². The first-order valence-electron chi connectivity index (χ1n) is 9.52. The summed E-state index contributed by atoms with van der Waals surface area (Å²) < 4.78 is 0. The first-order chi connectivity index (χ1) is 12.4. The van der Waals surface area contributed by atoms with E-state index in [9.17, 15) is 9.90 Å². The second-order valence-corrected chi connectivity index (χ2v) is 7.89. The first-order valence-corrected chi connectivity index (χ1v) is 9.52. The van der Waals surface area contributed by atoms with Crippen LogP contribution in [0.5, 0.6) is 5.75 Å². The van der Waals surface area contributed by atoms with Crippen LogP contribution < -0.4 is 0 Å². The molecule has 1 amide bonds. The van der Waals surface area contributed by atoms with Crippen LogP contribution in [0.15, 0.2) is 48.5 Å². The molecule has 0 aliphatic carbocycles. The number of nitrogens with zero attached hydrogens (tertiary/aromatic N) is 1. The summed E-state index contributed by atoms with van der Waals surface area (Å²) in [5.74, 6) is 0.909. The number of phenols is 1. The summed E-state index contributed by atoms with van der Waals surface area (Å²) in [6.45, 7) is 8.12. The Morgan fingerprint density at radius 1 is 1.23 bits per heavy atom. The van der Waals surface area contributed by atoms with Gasteiger partial charge in [-0.15, -0.1) is 0 Å². The highest BCUT2D eigenvalue weighted by atomic mass is 16.3. The Kier molecular flexibility index (Phi) is 5.36. The molecule has 3 rings (SSSR count). The molecule has 1 aliphatic rings. The van der Waals surface area contributed by atoms with Gasteiger partial charge in [0.25, 0.3) is 0 Å². The maximum Gasteiger partial charge on any atom is 0.222 e. The predicted molar refractivity (Wildman–Crippen MR) is 105 cm³/mol. The van der Waals surface area contributed by atoms with Gasteiger partial charge in [0.15, 0.2) is 0 Å². The number of hydrogen-bond donors (Lipinski definition) is 1. The number of aryl methyl sites for hydroxylation is 2. The molecule has 3 heteroatoms. The van der Waals surface area contributed by atoms with Gasteiger partial charge < -0.3 is 10.0 Å². The number of hydrogen-bond acceptors (Lipinski definition) is 2. The van der Waals surface area contributed by atoms with E-state index < -0.39 is 0 Å². The Bertz CT molecular complexity index is 785. The Balaban J connectivity index is 1.63. The van der Waals surface area contributed by atoms with Crippen LogP contribution in [0, 0.1) is 12.8 Å². The van der Waals surface area contributed by atoms with Crippen LogP contribution in [-0.4, -0.2) is 29.0 Å². The second kappa shape index (κ2) is 7.53. The minimum absolute atomic E-state index is 0.00839. The molecule has 2 atom stereocenters. The number of likely N-dealkylation sites (tertiary alicyclic amines) is 1. The van der Waals surface area contributed by atoms with E-state index in [4.69, 9.17) is 0 Å². The molecular weight excluding hydrogens is 322 g/mol. The number of rotatable bonds is 4. The van der Waals surface area contributed by atoms with E-state index in [1.807, 2.05) is 29.2 Å². The van der Waals surface area contributed by atoms with Gasteiger partial charge >= 0.3 is 0 Å². The highest BCUT2D eigenvalue weighted by Gasteiger charge is 2.39. The SMILES string of the molecule is Cc1ccccc1CCC(=O)N1CC[C@@](C)(c2cccc(O)c2)[C@@H](C)C1. The first kappa shape index (κ1) is 18.5. The van der Waals surface area contributed by atoms with Crippen molar-refractivity contribution in [2.24, 2.45) is 5.92 Å². The molecule has 1 aliphatic heterocycles. The Morgan fingerprint density at radius 3 is 2.69 bits per heavy atom. The van der Waals surface area contributed by atoms with Crippen molar-refractivity contribution < 1.29 is 9.90 Å². The summed E-state index contributed by atoms with van der Waals surface area (Å²) >= 11 is 0. The molecule has 0 radical (unpaired) electrons. The molecule has 0 bridgehead atoms. The summed E-state index contributed by atoms with van der Waals surface area (Å²) in [7, 11) is 0. The van der Waals surface area contributed by atoms with Crippen molar-refractivity contribution in [3.8, 4) is 5.75 Å². The van der Waals surface area contributed by atoms with Gasteiger partial charge in [-0.05, 0) is 59.9 Å². The predicted octanol–water partition coefficient (Wildman–Crippen LogP) is 4.46. The van der Waals surface area contributed by atoms with Crippen LogP contribution in [-0.2, 0) is 16.6 Å². The van der Waals surface area contributed by atoms with E-state index in [1.165, 1.54) is 11.1 Å². The van der Waals surface area contributed by atoms with Crippen LogP contribution in [0.2, 0.25) is 0 Å². The molecular formula is C23H29NO2. The van der Waals surface area contributed by atoms with E-state index in [1.54, 1.807) is 6.07 Å². The summed E-state index contributed by atoms with van der Waals surface area (Å²) in [5.41, 5.74) is 3.67. The second-order valence-electron chi connectivity index (χ2n) is 7.89. The standard InChI is InChI=1S/C23H29NO2/c1-17-7-4-5-8-19(17)11-12-22(26)24-14-13-23(3,18(2)16-24)20-9-6-10-21(25)15-20/h4-10,15,18,25H,11-14,16H2,1-3H3/t18-,23+/m0/s1. The molecule has 2 aromatic rings. The maximum atomic E-state index is 12.7. The smallest absolute Gasteiger partial charge is 0.222 e. The number of benzene rings is 2. The van der Waals surface area contributed by atoms with Crippen molar-refractivity contribution in [3.05, 3.63) is 65.2 Å². The summed E-state index contributed by atoms with van der Waals surface area (Å²) in [5, 5.41) is 9.82. The van der Waals surface area contributed by atoms with Crippen LogP contribution in [0.4, 0.5) is 0 Å². The topological polar surface area (TPSA) is 40.5 Å². The number of amides is 1. The van der Waals surface area contributed by atoms with E-state index >= 15 is 0 Å². The molecule has 0 spiro atoms. The van der Waals surface area contributed by atoms with E-state index in [0.717, 1.165) is 31.5 Å². The van der Waals surface area contributed by atoms with Crippen molar-refractivity contribution in [1.29, 1.82) is 0 Å². The Hall–Kier alpha value is -2.29. The van der Waals surface area contributed by atoms with E-state index in [-0.39, 0.29) is 11.3 Å². The van der Waals surface area contributed by atoms with Gasteiger partial charge in [-0.25, -0.2) is 0 Å². The number of piperidine rings is 1. The third kappa shape index (κ3) is 3.77. The molecule has 1 heterocycles. The number of carbonyl (C=O) groups excluding carboxylic acids is 1. The van der Waals surface area contributed by atoms with Crippen molar-refractivity contribution in [2.45, 2.75) is 45.4 Å². The van der Waals surface area contributed by atoms with Crippen molar-refractivity contribution in [3.63, 3.8) is 0 Å². The summed E-state index contributed by atoms with van der Waals surface area (Å²) in [6.07, 6.45) is 2.30. The molecule has 0 saturated carbocycles. The minimum atomic E-state index is -0.00839. The Morgan fingerprint density at radius 2 is 2.00 bits per heavy atom. The molecule has 1 N–H and O–H groups in total.